The number of hydrogen-bond acceptors (Lipinski definition) is 4. The third-order valence-corrected chi connectivity index (χ3v) is 2.43. The fourth-order valence-corrected chi connectivity index (χ4v) is 1.63. The van der Waals surface area contributed by atoms with Gasteiger partial charge in [0.15, 0.2) is 17.7 Å². The summed E-state index contributed by atoms with van der Waals surface area (Å²) in [7, 11) is 2.40. The molecule has 0 amide bonds. The first-order chi connectivity index (χ1) is 7.51. The van der Waals surface area contributed by atoms with E-state index in [1.54, 1.807) is 0 Å². The molecule has 1 atom stereocenters. The van der Waals surface area contributed by atoms with Crippen molar-refractivity contribution in [3.63, 3.8) is 0 Å². The van der Waals surface area contributed by atoms with Gasteiger partial charge in [0.1, 0.15) is 0 Å². The van der Waals surface area contributed by atoms with Crippen molar-refractivity contribution >= 4 is 21.9 Å². The summed E-state index contributed by atoms with van der Waals surface area (Å²) >= 11 is 3.12. The summed E-state index contributed by atoms with van der Waals surface area (Å²) in [4.78, 5) is 11.1. The second kappa shape index (κ2) is 5.27. The summed E-state index contributed by atoms with van der Waals surface area (Å²) in [6.45, 7) is 0. The van der Waals surface area contributed by atoms with Gasteiger partial charge in [-0.25, -0.2) is 9.18 Å². The minimum absolute atomic E-state index is 0.0627. The van der Waals surface area contributed by atoms with Crippen LogP contribution in [-0.2, 0) is 9.53 Å². The largest absolute Gasteiger partial charge is 0.494 e. The second-order valence-electron chi connectivity index (χ2n) is 2.94. The fourth-order valence-electron chi connectivity index (χ4n) is 1.17. The average Bonchev–Trinajstić information content (AvgIpc) is 2.29. The Bertz CT molecular complexity index is 408. The molecular formula is C10H10BrFO4. The molecule has 0 radical (unpaired) electrons. The number of aliphatic hydroxyl groups is 1. The van der Waals surface area contributed by atoms with E-state index in [2.05, 4.69) is 20.7 Å². The van der Waals surface area contributed by atoms with Crippen LogP contribution in [0.25, 0.3) is 0 Å². The van der Waals surface area contributed by atoms with Crippen LogP contribution in [0.15, 0.2) is 16.6 Å². The molecule has 88 valence electrons. The Morgan fingerprint density at radius 2 is 2.12 bits per heavy atom. The number of methoxy groups -OCH3 is 2. The summed E-state index contributed by atoms with van der Waals surface area (Å²) < 4.78 is 23.3. The van der Waals surface area contributed by atoms with Crippen molar-refractivity contribution < 1.29 is 23.8 Å². The number of rotatable bonds is 3. The van der Waals surface area contributed by atoms with Crippen LogP contribution in [0.5, 0.6) is 5.75 Å². The summed E-state index contributed by atoms with van der Waals surface area (Å²) in [5.41, 5.74) is -0.196. The van der Waals surface area contributed by atoms with E-state index < -0.39 is 17.9 Å². The van der Waals surface area contributed by atoms with Gasteiger partial charge >= 0.3 is 5.97 Å². The standard InChI is InChI=1S/C10H10BrFO4/c1-15-7-4-5(11)3-6(8(7)12)9(13)10(14)16-2/h3-4,9,13H,1-2H3. The predicted molar refractivity (Wildman–Crippen MR) is 57.6 cm³/mol. The van der Waals surface area contributed by atoms with Crippen LogP contribution in [0.4, 0.5) is 4.39 Å². The van der Waals surface area contributed by atoms with E-state index in [9.17, 15) is 14.3 Å². The molecule has 0 aromatic heterocycles. The number of aliphatic hydroxyl groups excluding tert-OH is 1. The molecule has 0 heterocycles. The zero-order chi connectivity index (χ0) is 12.3. The van der Waals surface area contributed by atoms with E-state index in [-0.39, 0.29) is 11.3 Å². The van der Waals surface area contributed by atoms with E-state index in [0.717, 1.165) is 7.11 Å². The highest BCUT2D eigenvalue weighted by Crippen LogP contribution is 2.30. The Kier molecular flexibility index (Phi) is 4.26. The Hall–Kier alpha value is -1.14. The van der Waals surface area contributed by atoms with Gasteiger partial charge < -0.3 is 14.6 Å². The van der Waals surface area contributed by atoms with Gasteiger partial charge in [0.25, 0.3) is 0 Å². The van der Waals surface area contributed by atoms with Gasteiger partial charge in [-0.05, 0) is 12.1 Å². The summed E-state index contributed by atoms with van der Waals surface area (Å²) in [6.07, 6.45) is -1.67. The van der Waals surface area contributed by atoms with Crippen molar-refractivity contribution in [1.29, 1.82) is 0 Å². The maximum Gasteiger partial charge on any atom is 0.339 e. The van der Waals surface area contributed by atoms with Crippen molar-refractivity contribution in [3.05, 3.63) is 28.0 Å². The number of ether oxygens (including phenoxy) is 2. The fraction of sp³-hybridized carbons (Fsp3) is 0.300. The van der Waals surface area contributed by atoms with Gasteiger partial charge in [-0.2, -0.15) is 0 Å². The SMILES string of the molecule is COC(=O)C(O)c1cc(Br)cc(OC)c1F. The number of halogens is 2. The highest BCUT2D eigenvalue weighted by Gasteiger charge is 2.24. The number of benzene rings is 1. The zero-order valence-corrected chi connectivity index (χ0v) is 10.2. The lowest BCUT2D eigenvalue weighted by Crippen LogP contribution is -2.15. The van der Waals surface area contributed by atoms with E-state index in [1.807, 2.05) is 0 Å². The number of carbonyl (C=O) groups excluding carboxylic acids is 1. The monoisotopic (exact) mass is 292 g/mol. The highest BCUT2D eigenvalue weighted by molar-refractivity contribution is 9.10. The molecule has 0 aliphatic rings. The van der Waals surface area contributed by atoms with Gasteiger partial charge in [0.05, 0.1) is 14.2 Å². The number of carbonyl (C=O) groups is 1. The van der Waals surface area contributed by atoms with Gasteiger partial charge in [-0.3, -0.25) is 0 Å². The molecule has 1 unspecified atom stereocenters. The van der Waals surface area contributed by atoms with E-state index >= 15 is 0 Å². The Morgan fingerprint density at radius 3 is 2.62 bits per heavy atom. The lowest BCUT2D eigenvalue weighted by molar-refractivity contribution is -0.150. The first kappa shape index (κ1) is 12.9. The quantitative estimate of drug-likeness (QED) is 0.863. The van der Waals surface area contributed by atoms with Gasteiger partial charge in [-0.15, -0.1) is 0 Å². The van der Waals surface area contributed by atoms with Crippen molar-refractivity contribution in [2.24, 2.45) is 0 Å². The molecule has 1 aromatic carbocycles. The van der Waals surface area contributed by atoms with E-state index in [4.69, 9.17) is 4.74 Å². The van der Waals surface area contributed by atoms with Crippen molar-refractivity contribution in [1.82, 2.24) is 0 Å². The van der Waals surface area contributed by atoms with Crippen LogP contribution in [-0.4, -0.2) is 25.3 Å². The first-order valence-electron chi connectivity index (χ1n) is 4.30. The molecular weight excluding hydrogens is 283 g/mol. The van der Waals surface area contributed by atoms with Crippen molar-refractivity contribution in [2.45, 2.75) is 6.10 Å². The Balaban J connectivity index is 3.22. The van der Waals surface area contributed by atoms with Crippen LogP contribution in [0.3, 0.4) is 0 Å². The molecule has 1 rings (SSSR count). The maximum absolute atomic E-state index is 13.7. The molecule has 0 bridgehead atoms. The van der Waals surface area contributed by atoms with Crippen LogP contribution in [0.2, 0.25) is 0 Å². The van der Waals surface area contributed by atoms with Crippen LogP contribution in [0, 0.1) is 5.82 Å². The minimum atomic E-state index is -1.67. The van der Waals surface area contributed by atoms with Crippen LogP contribution < -0.4 is 4.74 Å². The minimum Gasteiger partial charge on any atom is -0.494 e. The molecule has 0 saturated heterocycles. The lowest BCUT2D eigenvalue weighted by atomic mass is 10.1. The third-order valence-electron chi connectivity index (χ3n) is 1.97. The predicted octanol–water partition coefficient (Wildman–Crippen LogP) is 1.80. The molecule has 16 heavy (non-hydrogen) atoms. The lowest BCUT2D eigenvalue weighted by Gasteiger charge is -2.12. The van der Waals surface area contributed by atoms with Crippen LogP contribution in [0.1, 0.15) is 11.7 Å². The first-order valence-corrected chi connectivity index (χ1v) is 5.09. The molecule has 4 nitrogen and oxygen atoms in total. The summed E-state index contributed by atoms with van der Waals surface area (Å²) in [5, 5.41) is 9.52. The van der Waals surface area contributed by atoms with Crippen molar-refractivity contribution in [3.8, 4) is 5.75 Å². The molecule has 0 fully saturated rings. The van der Waals surface area contributed by atoms with E-state index in [0.29, 0.717) is 4.47 Å². The smallest absolute Gasteiger partial charge is 0.339 e. The molecule has 0 aliphatic heterocycles. The second-order valence-corrected chi connectivity index (χ2v) is 3.85. The van der Waals surface area contributed by atoms with Gasteiger partial charge in [0.2, 0.25) is 0 Å². The Labute approximate surface area is 100 Å². The van der Waals surface area contributed by atoms with Gasteiger partial charge in [0, 0.05) is 10.0 Å². The highest BCUT2D eigenvalue weighted by atomic mass is 79.9. The van der Waals surface area contributed by atoms with Crippen molar-refractivity contribution in [2.75, 3.05) is 14.2 Å². The molecule has 0 aliphatic carbocycles. The zero-order valence-electron chi connectivity index (χ0n) is 8.66. The Morgan fingerprint density at radius 1 is 1.50 bits per heavy atom. The van der Waals surface area contributed by atoms with Crippen LogP contribution >= 0.6 is 15.9 Å². The third kappa shape index (κ3) is 2.51. The molecule has 1 aromatic rings. The van der Waals surface area contributed by atoms with Gasteiger partial charge in [-0.1, -0.05) is 15.9 Å². The molecule has 0 spiro atoms. The average molecular weight is 293 g/mol. The molecule has 0 saturated carbocycles. The number of esters is 1. The maximum atomic E-state index is 13.7. The topological polar surface area (TPSA) is 55.8 Å². The summed E-state index contributed by atoms with van der Waals surface area (Å²) in [5.74, 6) is -1.78. The van der Waals surface area contributed by atoms with E-state index in [1.165, 1.54) is 19.2 Å². The number of hydrogen-bond donors (Lipinski definition) is 1. The molecule has 1 N–H and O–H groups in total. The molecule has 6 heteroatoms. The normalized spacial score (nSPS) is 12.1. The summed E-state index contributed by atoms with van der Waals surface area (Å²) in [6, 6.07) is 2.68.